The first-order valence-corrected chi connectivity index (χ1v) is 5.01. The highest BCUT2D eigenvalue weighted by molar-refractivity contribution is 5.79. The number of methoxy groups -OCH3 is 1. The van der Waals surface area contributed by atoms with Crippen molar-refractivity contribution in [2.24, 2.45) is 5.92 Å². The van der Waals surface area contributed by atoms with Gasteiger partial charge in [0.1, 0.15) is 6.04 Å². The van der Waals surface area contributed by atoms with E-state index in [2.05, 4.69) is 16.3 Å². The van der Waals surface area contributed by atoms with Crippen molar-refractivity contribution < 1.29 is 9.53 Å². The molecule has 0 amide bonds. The van der Waals surface area contributed by atoms with Crippen LogP contribution in [0, 0.1) is 5.92 Å². The maximum atomic E-state index is 11.5. The Morgan fingerprint density at radius 1 is 1.64 bits per heavy atom. The second kappa shape index (κ2) is 2.58. The highest BCUT2D eigenvalue weighted by Crippen LogP contribution is 2.47. The summed E-state index contributed by atoms with van der Waals surface area (Å²) in [6.45, 7) is 3.08. The molecule has 4 nitrogen and oxygen atoms in total. The van der Waals surface area contributed by atoms with Crippen LogP contribution >= 0.6 is 0 Å². The number of nitrogens with one attached hydrogen (secondary N) is 1. The predicted molar refractivity (Wildman–Crippen MR) is 50.7 cm³/mol. The van der Waals surface area contributed by atoms with E-state index in [1.165, 1.54) is 7.11 Å². The summed E-state index contributed by atoms with van der Waals surface area (Å²) in [4.78, 5) is 13.7. The van der Waals surface area contributed by atoms with Crippen LogP contribution in [-0.4, -0.2) is 49.2 Å². The zero-order valence-corrected chi connectivity index (χ0v) is 8.19. The first-order chi connectivity index (χ1) is 6.78. The molecule has 0 aliphatic carbocycles. The minimum atomic E-state index is -0.142. The van der Waals surface area contributed by atoms with E-state index < -0.39 is 0 Å². The van der Waals surface area contributed by atoms with Gasteiger partial charge in [0.15, 0.2) is 0 Å². The van der Waals surface area contributed by atoms with E-state index in [0.717, 1.165) is 19.6 Å². The van der Waals surface area contributed by atoms with Crippen LogP contribution in [0.15, 0.2) is 12.2 Å². The molecule has 0 radical (unpaired) electrons. The SMILES string of the molecule is COC(=O)[C@@H]1C=C[C@@H]2CNC[C@]23CN13. The maximum Gasteiger partial charge on any atom is 0.327 e. The summed E-state index contributed by atoms with van der Waals surface area (Å²) >= 11 is 0. The topological polar surface area (TPSA) is 41.3 Å². The molecule has 0 saturated carbocycles. The molecule has 1 spiro atoms. The monoisotopic (exact) mass is 194 g/mol. The third-order valence-electron chi connectivity index (χ3n) is 3.70. The molecule has 3 aliphatic heterocycles. The molecular formula is C10H14N2O2. The lowest BCUT2D eigenvalue weighted by Gasteiger charge is -2.25. The molecule has 2 fully saturated rings. The quantitative estimate of drug-likeness (QED) is 0.343. The molecule has 3 heterocycles. The van der Waals surface area contributed by atoms with E-state index >= 15 is 0 Å². The zero-order valence-electron chi connectivity index (χ0n) is 8.19. The van der Waals surface area contributed by atoms with Crippen LogP contribution in [0.1, 0.15) is 0 Å². The minimum Gasteiger partial charge on any atom is -0.468 e. The fraction of sp³-hybridized carbons (Fsp3) is 0.700. The first kappa shape index (κ1) is 8.44. The van der Waals surface area contributed by atoms with Crippen molar-refractivity contribution in [1.29, 1.82) is 0 Å². The van der Waals surface area contributed by atoms with Gasteiger partial charge in [0.2, 0.25) is 0 Å². The van der Waals surface area contributed by atoms with Gasteiger partial charge in [0, 0.05) is 25.6 Å². The standard InChI is InChI=1S/C10H14N2O2/c1-14-9(13)8-3-2-7-4-11-5-10(7)6-12(8)10/h2-3,7-8,11H,4-6H2,1H3/t7-,8+,10+,12?/m1/s1. The van der Waals surface area contributed by atoms with Gasteiger partial charge in [-0.3, -0.25) is 9.69 Å². The molecule has 0 bridgehead atoms. The van der Waals surface area contributed by atoms with Crippen molar-refractivity contribution in [3.05, 3.63) is 12.2 Å². The normalized spacial score (nSPS) is 48.2. The van der Waals surface area contributed by atoms with Crippen molar-refractivity contribution in [3.8, 4) is 0 Å². The molecule has 0 aromatic rings. The van der Waals surface area contributed by atoms with E-state index in [9.17, 15) is 4.79 Å². The molecule has 0 aromatic carbocycles. The Bertz CT molecular complexity index is 315. The summed E-state index contributed by atoms with van der Waals surface area (Å²) in [5.74, 6) is 0.451. The summed E-state index contributed by atoms with van der Waals surface area (Å²) in [7, 11) is 1.45. The Morgan fingerprint density at radius 3 is 3.29 bits per heavy atom. The van der Waals surface area contributed by atoms with Gasteiger partial charge in [0.25, 0.3) is 0 Å². The van der Waals surface area contributed by atoms with Gasteiger partial charge in [-0.1, -0.05) is 12.2 Å². The van der Waals surface area contributed by atoms with Crippen molar-refractivity contribution in [2.75, 3.05) is 26.7 Å². The molecule has 0 aromatic heterocycles. The third-order valence-corrected chi connectivity index (χ3v) is 3.70. The minimum absolute atomic E-state index is 0.136. The number of hydrogen-bond acceptors (Lipinski definition) is 4. The van der Waals surface area contributed by atoms with E-state index in [1.807, 2.05) is 6.08 Å². The molecule has 3 aliphatic rings. The Balaban J connectivity index is 1.87. The Labute approximate surface area is 82.9 Å². The molecule has 4 atom stereocenters. The molecular weight excluding hydrogens is 180 g/mol. The highest BCUT2D eigenvalue weighted by atomic mass is 16.5. The van der Waals surface area contributed by atoms with Crippen LogP contribution in [0.3, 0.4) is 0 Å². The smallest absolute Gasteiger partial charge is 0.327 e. The molecule has 1 N–H and O–H groups in total. The lowest BCUT2D eigenvalue weighted by atomic mass is 9.92. The van der Waals surface area contributed by atoms with Gasteiger partial charge >= 0.3 is 5.97 Å². The lowest BCUT2D eigenvalue weighted by Crippen LogP contribution is -2.40. The zero-order chi connectivity index (χ0) is 9.76. The molecule has 2 saturated heterocycles. The van der Waals surface area contributed by atoms with Gasteiger partial charge in [-0.15, -0.1) is 0 Å². The number of hydrogen-bond donors (Lipinski definition) is 1. The van der Waals surface area contributed by atoms with Crippen LogP contribution in [-0.2, 0) is 9.53 Å². The Hall–Kier alpha value is -0.870. The van der Waals surface area contributed by atoms with E-state index in [1.54, 1.807) is 0 Å². The van der Waals surface area contributed by atoms with Crippen LogP contribution in [0.25, 0.3) is 0 Å². The molecule has 76 valence electrons. The third kappa shape index (κ3) is 0.875. The summed E-state index contributed by atoms with van der Waals surface area (Å²) < 4.78 is 4.78. The number of nitrogens with zero attached hydrogens (tertiary/aromatic N) is 1. The largest absolute Gasteiger partial charge is 0.468 e. The van der Waals surface area contributed by atoms with Crippen molar-refractivity contribution >= 4 is 5.97 Å². The number of rotatable bonds is 1. The van der Waals surface area contributed by atoms with Crippen LogP contribution in [0.4, 0.5) is 0 Å². The molecule has 4 heteroatoms. The highest BCUT2D eigenvalue weighted by Gasteiger charge is 2.63. The van der Waals surface area contributed by atoms with Crippen molar-refractivity contribution in [1.82, 2.24) is 10.2 Å². The van der Waals surface area contributed by atoms with Gasteiger partial charge < -0.3 is 10.1 Å². The van der Waals surface area contributed by atoms with Crippen LogP contribution in [0.5, 0.6) is 0 Å². The predicted octanol–water partition coefficient (Wildman–Crippen LogP) is -0.628. The maximum absolute atomic E-state index is 11.5. The van der Waals surface area contributed by atoms with E-state index in [4.69, 9.17) is 4.74 Å². The number of carbonyl (C=O) groups excluding carboxylic acids is 1. The molecule has 3 rings (SSSR count). The summed E-state index contributed by atoms with van der Waals surface area (Å²) in [5, 5.41) is 3.38. The average molecular weight is 194 g/mol. The molecule has 1 unspecified atom stereocenters. The number of ether oxygens (including phenoxy) is 1. The van der Waals surface area contributed by atoms with Gasteiger partial charge in [-0.25, -0.2) is 0 Å². The fourth-order valence-electron chi connectivity index (χ4n) is 2.80. The second-order valence-electron chi connectivity index (χ2n) is 4.32. The second-order valence-corrected chi connectivity index (χ2v) is 4.32. The summed E-state index contributed by atoms with van der Waals surface area (Å²) in [6, 6.07) is -0.142. The van der Waals surface area contributed by atoms with Gasteiger partial charge in [-0.2, -0.15) is 0 Å². The number of carbonyl (C=O) groups is 1. The number of esters is 1. The van der Waals surface area contributed by atoms with Crippen LogP contribution in [0.2, 0.25) is 0 Å². The van der Waals surface area contributed by atoms with Crippen LogP contribution < -0.4 is 5.32 Å². The summed E-state index contributed by atoms with van der Waals surface area (Å²) in [6.07, 6.45) is 4.15. The summed E-state index contributed by atoms with van der Waals surface area (Å²) in [5.41, 5.74) is 0.244. The van der Waals surface area contributed by atoms with Crippen molar-refractivity contribution in [2.45, 2.75) is 11.6 Å². The van der Waals surface area contributed by atoms with E-state index in [0.29, 0.717) is 5.92 Å². The first-order valence-electron chi connectivity index (χ1n) is 5.01. The average Bonchev–Trinajstić information content (AvgIpc) is 2.79. The Kier molecular flexibility index (Phi) is 1.56. The van der Waals surface area contributed by atoms with E-state index in [-0.39, 0.29) is 17.6 Å². The van der Waals surface area contributed by atoms with Gasteiger partial charge in [0.05, 0.1) is 12.6 Å². The fourth-order valence-corrected chi connectivity index (χ4v) is 2.80. The van der Waals surface area contributed by atoms with Gasteiger partial charge in [-0.05, 0) is 0 Å². The molecule has 14 heavy (non-hydrogen) atoms. The van der Waals surface area contributed by atoms with Crippen molar-refractivity contribution in [3.63, 3.8) is 0 Å². The lowest BCUT2D eigenvalue weighted by molar-refractivity contribution is -0.143. The Morgan fingerprint density at radius 2 is 2.50 bits per heavy atom.